The molecule has 0 atom stereocenters. The highest BCUT2D eigenvalue weighted by Crippen LogP contribution is 2.19. The van der Waals surface area contributed by atoms with Gasteiger partial charge in [-0.05, 0) is 18.2 Å². The Bertz CT molecular complexity index is 857. The van der Waals surface area contributed by atoms with Gasteiger partial charge in [-0.2, -0.15) is 5.10 Å². The number of carbonyl (C=O) groups is 2. The first-order chi connectivity index (χ1) is 10.7. The molecule has 22 heavy (non-hydrogen) atoms. The number of para-hydroxylation sites is 1. The van der Waals surface area contributed by atoms with Gasteiger partial charge in [0.05, 0.1) is 29.3 Å². The number of nitrogens with zero attached hydrogens (tertiary/aromatic N) is 2. The van der Waals surface area contributed by atoms with Crippen LogP contribution in [0.5, 0.6) is 0 Å². The van der Waals surface area contributed by atoms with E-state index < -0.39 is 11.9 Å². The fourth-order valence-corrected chi connectivity index (χ4v) is 2.09. The van der Waals surface area contributed by atoms with Gasteiger partial charge in [-0.25, -0.2) is 4.79 Å². The third kappa shape index (κ3) is 2.39. The number of rotatable bonds is 3. The molecule has 2 heterocycles. The molecule has 0 unspecified atom stereocenters. The van der Waals surface area contributed by atoms with Crippen LogP contribution in [0.15, 0.2) is 42.7 Å². The van der Waals surface area contributed by atoms with E-state index in [0.29, 0.717) is 16.6 Å². The minimum Gasteiger partial charge on any atom is -0.465 e. The topological polar surface area (TPSA) is 97.0 Å². The van der Waals surface area contributed by atoms with Crippen LogP contribution in [0.3, 0.4) is 0 Å². The fourth-order valence-electron chi connectivity index (χ4n) is 2.09. The highest BCUT2D eigenvalue weighted by atomic mass is 16.5. The van der Waals surface area contributed by atoms with E-state index in [1.54, 1.807) is 42.7 Å². The SMILES string of the molecule is COC(=O)c1ccccc1NC(=O)c1n[nH]c2ccncc12. The van der Waals surface area contributed by atoms with Crippen molar-refractivity contribution in [3.05, 3.63) is 54.0 Å². The van der Waals surface area contributed by atoms with E-state index in [1.165, 1.54) is 7.11 Å². The number of aromatic nitrogens is 3. The number of methoxy groups -OCH3 is 1. The highest BCUT2D eigenvalue weighted by molar-refractivity contribution is 6.12. The second-order valence-electron chi connectivity index (χ2n) is 4.48. The van der Waals surface area contributed by atoms with Gasteiger partial charge in [0.2, 0.25) is 0 Å². The lowest BCUT2D eigenvalue weighted by Gasteiger charge is -2.08. The van der Waals surface area contributed by atoms with Crippen LogP contribution in [0.25, 0.3) is 10.9 Å². The number of amides is 1. The lowest BCUT2D eigenvalue weighted by molar-refractivity contribution is 0.0602. The van der Waals surface area contributed by atoms with Crippen molar-refractivity contribution < 1.29 is 14.3 Å². The van der Waals surface area contributed by atoms with Gasteiger partial charge in [0.1, 0.15) is 0 Å². The monoisotopic (exact) mass is 296 g/mol. The largest absolute Gasteiger partial charge is 0.465 e. The van der Waals surface area contributed by atoms with Gasteiger partial charge in [0.25, 0.3) is 5.91 Å². The van der Waals surface area contributed by atoms with E-state index in [2.05, 4.69) is 20.5 Å². The second-order valence-corrected chi connectivity index (χ2v) is 4.48. The molecular weight excluding hydrogens is 284 g/mol. The van der Waals surface area contributed by atoms with E-state index in [4.69, 9.17) is 4.74 Å². The predicted octanol–water partition coefficient (Wildman–Crippen LogP) is 2.00. The molecule has 1 aromatic carbocycles. The summed E-state index contributed by atoms with van der Waals surface area (Å²) in [5.41, 5.74) is 1.56. The number of hydrogen-bond acceptors (Lipinski definition) is 5. The van der Waals surface area contributed by atoms with Gasteiger partial charge in [-0.1, -0.05) is 12.1 Å². The number of fused-ring (bicyclic) bond motifs is 1. The van der Waals surface area contributed by atoms with Crippen LogP contribution in [0, 0.1) is 0 Å². The van der Waals surface area contributed by atoms with Gasteiger partial charge in [-0.3, -0.25) is 14.9 Å². The molecule has 3 aromatic rings. The number of pyridine rings is 1. The van der Waals surface area contributed by atoms with Crippen LogP contribution in [-0.4, -0.2) is 34.2 Å². The predicted molar refractivity (Wildman–Crippen MR) is 79.6 cm³/mol. The number of benzene rings is 1. The maximum Gasteiger partial charge on any atom is 0.339 e. The van der Waals surface area contributed by atoms with Crippen molar-refractivity contribution in [2.24, 2.45) is 0 Å². The molecule has 0 fully saturated rings. The minimum atomic E-state index is -0.524. The smallest absolute Gasteiger partial charge is 0.339 e. The fraction of sp³-hybridized carbons (Fsp3) is 0.0667. The number of aromatic amines is 1. The summed E-state index contributed by atoms with van der Waals surface area (Å²) in [6.07, 6.45) is 3.16. The molecule has 0 bridgehead atoms. The Morgan fingerprint density at radius 3 is 2.86 bits per heavy atom. The molecule has 0 aliphatic rings. The number of nitrogens with one attached hydrogen (secondary N) is 2. The van der Waals surface area contributed by atoms with Gasteiger partial charge < -0.3 is 10.1 Å². The van der Waals surface area contributed by atoms with Crippen LogP contribution >= 0.6 is 0 Å². The van der Waals surface area contributed by atoms with E-state index >= 15 is 0 Å². The zero-order valence-corrected chi connectivity index (χ0v) is 11.7. The summed E-state index contributed by atoms with van der Waals surface area (Å²) in [7, 11) is 1.29. The molecule has 7 nitrogen and oxygen atoms in total. The molecule has 0 radical (unpaired) electrons. The van der Waals surface area contributed by atoms with Crippen LogP contribution in [0.4, 0.5) is 5.69 Å². The van der Waals surface area contributed by atoms with E-state index in [1.807, 2.05) is 0 Å². The van der Waals surface area contributed by atoms with Crippen molar-refractivity contribution in [1.29, 1.82) is 0 Å². The molecular formula is C15H12N4O3. The van der Waals surface area contributed by atoms with Gasteiger partial charge >= 0.3 is 5.97 Å². The number of H-pyrrole nitrogens is 1. The van der Waals surface area contributed by atoms with Crippen molar-refractivity contribution in [3.8, 4) is 0 Å². The maximum atomic E-state index is 12.4. The molecule has 0 aliphatic carbocycles. The Hall–Kier alpha value is -3.22. The quantitative estimate of drug-likeness (QED) is 0.720. The van der Waals surface area contributed by atoms with E-state index in [0.717, 1.165) is 0 Å². The van der Waals surface area contributed by atoms with Crippen LogP contribution < -0.4 is 5.32 Å². The minimum absolute atomic E-state index is 0.211. The first-order valence-corrected chi connectivity index (χ1v) is 6.47. The van der Waals surface area contributed by atoms with Crippen molar-refractivity contribution in [2.75, 3.05) is 12.4 Å². The number of anilines is 1. The number of hydrogen-bond donors (Lipinski definition) is 2. The zero-order chi connectivity index (χ0) is 15.5. The molecule has 0 spiro atoms. The summed E-state index contributed by atoms with van der Waals surface area (Å²) in [6.45, 7) is 0. The Balaban J connectivity index is 1.94. The summed E-state index contributed by atoms with van der Waals surface area (Å²) in [5, 5.41) is 10.0. The first-order valence-electron chi connectivity index (χ1n) is 6.47. The van der Waals surface area contributed by atoms with Crippen LogP contribution in [0.2, 0.25) is 0 Å². The molecule has 110 valence electrons. The van der Waals surface area contributed by atoms with Gasteiger partial charge in [0, 0.05) is 12.4 Å². The standard InChI is InChI=1S/C15H12N4O3/c1-22-15(21)9-4-2-3-5-11(9)17-14(20)13-10-8-16-7-6-12(10)18-19-13/h2-8H,1H3,(H,17,20)(H,18,19). The third-order valence-corrected chi connectivity index (χ3v) is 3.16. The van der Waals surface area contributed by atoms with Crippen LogP contribution in [-0.2, 0) is 4.74 Å². The highest BCUT2D eigenvalue weighted by Gasteiger charge is 2.17. The second kappa shape index (κ2) is 5.65. The van der Waals surface area contributed by atoms with Gasteiger partial charge in [-0.15, -0.1) is 0 Å². The number of ether oxygens (including phenoxy) is 1. The summed E-state index contributed by atoms with van der Waals surface area (Å²) in [5.74, 6) is -0.958. The van der Waals surface area contributed by atoms with Crippen molar-refractivity contribution in [1.82, 2.24) is 15.2 Å². The van der Waals surface area contributed by atoms with E-state index in [9.17, 15) is 9.59 Å². The summed E-state index contributed by atoms with van der Waals surface area (Å²) >= 11 is 0. The summed E-state index contributed by atoms with van der Waals surface area (Å²) in [6, 6.07) is 8.33. The van der Waals surface area contributed by atoms with Crippen LogP contribution in [0.1, 0.15) is 20.8 Å². The molecule has 2 N–H and O–H groups in total. The van der Waals surface area contributed by atoms with Crippen molar-refractivity contribution in [3.63, 3.8) is 0 Å². The Morgan fingerprint density at radius 2 is 2.05 bits per heavy atom. The first kappa shape index (κ1) is 13.7. The Morgan fingerprint density at radius 1 is 1.23 bits per heavy atom. The molecule has 0 saturated heterocycles. The average molecular weight is 296 g/mol. The number of esters is 1. The Labute approximate surface area is 125 Å². The van der Waals surface area contributed by atoms with Crippen molar-refractivity contribution in [2.45, 2.75) is 0 Å². The number of carbonyl (C=O) groups excluding carboxylic acids is 2. The zero-order valence-electron chi connectivity index (χ0n) is 11.7. The normalized spacial score (nSPS) is 10.4. The Kier molecular flexibility index (Phi) is 3.53. The average Bonchev–Trinajstić information content (AvgIpc) is 2.99. The maximum absolute atomic E-state index is 12.4. The van der Waals surface area contributed by atoms with Gasteiger partial charge in [0.15, 0.2) is 5.69 Å². The van der Waals surface area contributed by atoms with E-state index in [-0.39, 0.29) is 11.3 Å². The molecule has 0 aliphatic heterocycles. The summed E-state index contributed by atoms with van der Waals surface area (Å²) in [4.78, 5) is 28.1. The lowest BCUT2D eigenvalue weighted by Crippen LogP contribution is -2.16. The lowest BCUT2D eigenvalue weighted by atomic mass is 10.1. The summed E-state index contributed by atoms with van der Waals surface area (Å²) < 4.78 is 4.70. The molecule has 2 aromatic heterocycles. The molecule has 1 amide bonds. The molecule has 3 rings (SSSR count). The molecule has 7 heteroatoms. The molecule has 0 saturated carbocycles. The van der Waals surface area contributed by atoms with Crippen molar-refractivity contribution >= 4 is 28.5 Å². The third-order valence-electron chi connectivity index (χ3n) is 3.16.